The van der Waals surface area contributed by atoms with Crippen molar-refractivity contribution in [3.63, 3.8) is 0 Å². The lowest BCUT2D eigenvalue weighted by atomic mass is 9.82. The first-order valence-electron chi connectivity index (χ1n) is 11.5. The van der Waals surface area contributed by atoms with E-state index in [0.29, 0.717) is 47.4 Å². The van der Waals surface area contributed by atoms with E-state index in [9.17, 15) is 12.8 Å². The standard InChI is InChI=1S/C24H24Cl2FN7O3S/c1-24(10-31-38(2,35)36)11-34(12-24)20-4-3-13(7-30-20)22-14-5-19(17(27)6-18(14)32-33-22)37-23(28)21-15(25)8-29-9-16(21)26/h3-9,23,31H,10-12,28H2,1-2H3,(H,32,33)/t23-/m0/s1. The third kappa shape index (κ3) is 5.40. The fraction of sp³-hybridized carbons (Fsp3) is 0.292. The van der Waals surface area contributed by atoms with E-state index in [1.54, 1.807) is 6.20 Å². The Bertz CT molecular complexity index is 1590. The Morgan fingerprint density at radius 1 is 1.24 bits per heavy atom. The van der Waals surface area contributed by atoms with Gasteiger partial charge in [0.15, 0.2) is 17.8 Å². The van der Waals surface area contributed by atoms with E-state index >= 15 is 0 Å². The minimum absolute atomic E-state index is 0.0938. The van der Waals surface area contributed by atoms with E-state index < -0.39 is 22.1 Å². The van der Waals surface area contributed by atoms with Crippen LogP contribution in [0.1, 0.15) is 18.7 Å². The van der Waals surface area contributed by atoms with Gasteiger partial charge in [-0.05, 0) is 18.2 Å². The lowest BCUT2D eigenvalue weighted by molar-refractivity contribution is 0.205. The number of benzene rings is 1. The molecule has 0 radical (unpaired) electrons. The second-order valence-electron chi connectivity index (χ2n) is 9.62. The minimum atomic E-state index is -3.24. The van der Waals surface area contributed by atoms with Gasteiger partial charge in [0.05, 0.1) is 21.8 Å². The highest BCUT2D eigenvalue weighted by Crippen LogP contribution is 2.36. The molecule has 10 nitrogen and oxygen atoms in total. The predicted octanol–water partition coefficient (Wildman–Crippen LogP) is 3.88. The van der Waals surface area contributed by atoms with Crippen LogP contribution in [0.25, 0.3) is 22.2 Å². The first-order chi connectivity index (χ1) is 17.9. The van der Waals surface area contributed by atoms with Gasteiger partial charge in [-0.15, -0.1) is 0 Å². The summed E-state index contributed by atoms with van der Waals surface area (Å²) in [7, 11) is -3.24. The fourth-order valence-electron chi connectivity index (χ4n) is 4.38. The first-order valence-corrected chi connectivity index (χ1v) is 14.1. The zero-order valence-electron chi connectivity index (χ0n) is 20.4. The molecule has 1 saturated heterocycles. The number of hydrogen-bond acceptors (Lipinski definition) is 8. The Labute approximate surface area is 228 Å². The summed E-state index contributed by atoms with van der Waals surface area (Å²) in [5, 5.41) is 8.20. The molecule has 0 unspecified atom stereocenters. The van der Waals surface area contributed by atoms with Crippen LogP contribution in [0.4, 0.5) is 10.2 Å². The number of pyridine rings is 2. The number of H-pyrrole nitrogens is 1. The molecule has 4 heterocycles. The topological polar surface area (TPSA) is 139 Å². The fourth-order valence-corrected chi connectivity index (χ4v) is 5.58. The average Bonchev–Trinajstić information content (AvgIpc) is 3.23. The van der Waals surface area contributed by atoms with Crippen LogP contribution in [0.5, 0.6) is 5.75 Å². The van der Waals surface area contributed by atoms with Gasteiger partial charge in [0.1, 0.15) is 11.5 Å². The van der Waals surface area contributed by atoms with E-state index in [0.717, 1.165) is 12.1 Å². The van der Waals surface area contributed by atoms with Gasteiger partial charge in [0.2, 0.25) is 10.0 Å². The van der Waals surface area contributed by atoms with Gasteiger partial charge in [-0.25, -0.2) is 22.5 Å². The zero-order valence-corrected chi connectivity index (χ0v) is 22.7. The third-order valence-electron chi connectivity index (χ3n) is 6.30. The molecule has 1 aliphatic heterocycles. The molecule has 4 N–H and O–H groups in total. The van der Waals surface area contributed by atoms with Crippen molar-refractivity contribution in [3.05, 3.63) is 64.3 Å². The summed E-state index contributed by atoms with van der Waals surface area (Å²) in [6.45, 7) is 3.72. The number of nitrogens with one attached hydrogen (secondary N) is 2. The summed E-state index contributed by atoms with van der Waals surface area (Å²) in [5.41, 5.74) is 8.00. The molecule has 0 spiro atoms. The lowest BCUT2D eigenvalue weighted by Gasteiger charge is -2.48. The normalized spacial score (nSPS) is 15.9. The van der Waals surface area contributed by atoms with Crippen LogP contribution in [0.2, 0.25) is 10.0 Å². The minimum Gasteiger partial charge on any atom is -0.468 e. The van der Waals surface area contributed by atoms with Crippen molar-refractivity contribution < 1.29 is 17.5 Å². The molecule has 0 aliphatic carbocycles. The second kappa shape index (κ2) is 9.93. The number of anilines is 1. The van der Waals surface area contributed by atoms with Crippen molar-refractivity contribution in [3.8, 4) is 17.0 Å². The van der Waals surface area contributed by atoms with Gasteiger partial charge in [-0.1, -0.05) is 30.1 Å². The molecule has 5 rings (SSSR count). The molecule has 1 atom stereocenters. The SMILES string of the molecule is CC1(CNS(C)(=O)=O)CN(c2ccc(-c3n[nH]c4cc(F)c(O[C@H](N)c5c(Cl)cncc5Cl)cc34)cn2)C1. The van der Waals surface area contributed by atoms with Gasteiger partial charge >= 0.3 is 0 Å². The molecule has 0 saturated carbocycles. The summed E-state index contributed by atoms with van der Waals surface area (Å²) in [5.74, 6) is 0.0328. The number of fused-ring (bicyclic) bond motifs is 1. The number of nitrogens with zero attached hydrogens (tertiary/aromatic N) is 4. The van der Waals surface area contributed by atoms with Gasteiger partial charge in [-0.3, -0.25) is 15.8 Å². The predicted molar refractivity (Wildman–Crippen MR) is 144 cm³/mol. The first kappa shape index (κ1) is 26.6. The molecule has 200 valence electrons. The smallest absolute Gasteiger partial charge is 0.208 e. The van der Waals surface area contributed by atoms with E-state index in [4.69, 9.17) is 33.7 Å². The van der Waals surface area contributed by atoms with Crippen LogP contribution in [0, 0.1) is 11.2 Å². The summed E-state index contributed by atoms with van der Waals surface area (Å²) in [6.07, 6.45) is 4.46. The van der Waals surface area contributed by atoms with Crippen LogP contribution in [-0.4, -0.2) is 54.5 Å². The van der Waals surface area contributed by atoms with Crippen molar-refractivity contribution in [2.45, 2.75) is 13.2 Å². The molecular weight excluding hydrogens is 556 g/mol. The Kier molecular flexibility index (Phi) is 6.95. The molecule has 1 aromatic carbocycles. The Balaban J connectivity index is 1.34. The number of sulfonamides is 1. The van der Waals surface area contributed by atoms with E-state index in [1.807, 2.05) is 19.1 Å². The maximum Gasteiger partial charge on any atom is 0.208 e. The summed E-state index contributed by atoms with van der Waals surface area (Å²) >= 11 is 12.3. The number of hydrogen-bond donors (Lipinski definition) is 3. The highest BCUT2D eigenvalue weighted by Gasteiger charge is 2.39. The van der Waals surface area contributed by atoms with Crippen molar-refractivity contribution in [1.82, 2.24) is 24.9 Å². The number of halogens is 3. The van der Waals surface area contributed by atoms with Crippen molar-refractivity contribution >= 4 is 49.9 Å². The monoisotopic (exact) mass is 579 g/mol. The van der Waals surface area contributed by atoms with E-state index in [2.05, 4.69) is 29.8 Å². The number of nitrogens with two attached hydrogens (primary N) is 1. The van der Waals surface area contributed by atoms with Crippen LogP contribution in [0.3, 0.4) is 0 Å². The second-order valence-corrected chi connectivity index (χ2v) is 12.3. The summed E-state index contributed by atoms with van der Waals surface area (Å²) < 4.78 is 45.9. The quantitative estimate of drug-likeness (QED) is 0.267. The lowest BCUT2D eigenvalue weighted by Crippen LogP contribution is -2.59. The van der Waals surface area contributed by atoms with E-state index in [1.165, 1.54) is 24.5 Å². The Hall–Kier alpha value is -3.03. The van der Waals surface area contributed by atoms with Crippen molar-refractivity contribution in [2.75, 3.05) is 30.8 Å². The van der Waals surface area contributed by atoms with Crippen LogP contribution >= 0.6 is 23.2 Å². The molecule has 14 heteroatoms. The molecular formula is C24H24Cl2FN7O3S. The molecule has 1 fully saturated rings. The van der Waals surface area contributed by atoms with E-state index in [-0.39, 0.29) is 21.2 Å². The molecule has 4 aromatic rings. The van der Waals surface area contributed by atoms with Gasteiger partial charge in [0, 0.05) is 66.2 Å². The molecule has 1 aliphatic rings. The number of aromatic nitrogens is 4. The molecule has 3 aromatic heterocycles. The Morgan fingerprint density at radius 3 is 2.58 bits per heavy atom. The largest absolute Gasteiger partial charge is 0.468 e. The summed E-state index contributed by atoms with van der Waals surface area (Å²) in [4.78, 5) is 10.5. The zero-order chi connectivity index (χ0) is 27.2. The van der Waals surface area contributed by atoms with Crippen LogP contribution in [0.15, 0.2) is 42.9 Å². The molecule has 0 amide bonds. The maximum absolute atomic E-state index is 14.8. The average molecular weight is 580 g/mol. The van der Waals surface area contributed by atoms with Crippen molar-refractivity contribution in [2.24, 2.45) is 11.1 Å². The number of aromatic amines is 1. The van der Waals surface area contributed by atoms with Crippen LogP contribution < -0.4 is 20.1 Å². The number of ether oxygens (including phenoxy) is 1. The van der Waals surface area contributed by atoms with Gasteiger partial charge < -0.3 is 9.64 Å². The highest BCUT2D eigenvalue weighted by molar-refractivity contribution is 7.88. The molecule has 38 heavy (non-hydrogen) atoms. The third-order valence-corrected chi connectivity index (χ3v) is 7.57. The van der Waals surface area contributed by atoms with Crippen LogP contribution in [-0.2, 0) is 10.0 Å². The maximum atomic E-state index is 14.8. The van der Waals surface area contributed by atoms with Gasteiger partial charge in [0.25, 0.3) is 0 Å². The van der Waals surface area contributed by atoms with Gasteiger partial charge in [-0.2, -0.15) is 5.10 Å². The molecule has 0 bridgehead atoms. The Morgan fingerprint density at radius 2 is 1.95 bits per heavy atom. The highest BCUT2D eigenvalue weighted by atomic mass is 35.5. The summed E-state index contributed by atoms with van der Waals surface area (Å²) in [6, 6.07) is 6.52. The van der Waals surface area contributed by atoms with Crippen molar-refractivity contribution in [1.29, 1.82) is 0 Å². The number of rotatable bonds is 8.